The summed E-state index contributed by atoms with van der Waals surface area (Å²) in [6.45, 7) is 2.82. The number of halogens is 1. The molecular formula is C12H14ClN3O2S. The molecule has 19 heavy (non-hydrogen) atoms. The zero-order chi connectivity index (χ0) is 12.7. The van der Waals surface area contributed by atoms with Gasteiger partial charge in [-0.15, -0.1) is 12.4 Å². The van der Waals surface area contributed by atoms with E-state index in [1.54, 1.807) is 4.90 Å². The number of amides is 1. The molecule has 3 heterocycles. The molecule has 0 saturated carbocycles. The quantitative estimate of drug-likeness (QED) is 0.924. The van der Waals surface area contributed by atoms with Crippen molar-refractivity contribution in [2.24, 2.45) is 5.73 Å². The van der Waals surface area contributed by atoms with E-state index in [0.717, 1.165) is 20.9 Å². The number of aromatic nitrogens is 1. The number of carbonyl (C=O) groups is 1. The van der Waals surface area contributed by atoms with Gasteiger partial charge in [-0.25, -0.2) is 9.78 Å². The van der Waals surface area contributed by atoms with Crippen LogP contribution in [0.4, 0.5) is 9.80 Å². The minimum atomic E-state index is -0.325. The number of aryl methyl sites for hydroxylation is 1. The Kier molecular flexibility index (Phi) is 3.93. The first-order valence-electron chi connectivity index (χ1n) is 5.73. The molecule has 1 amide bonds. The number of carbonyl (C=O) groups excluding carboxylic acids is 1. The fourth-order valence-electron chi connectivity index (χ4n) is 1.95. The van der Waals surface area contributed by atoms with Crippen LogP contribution in [0.25, 0.3) is 10.2 Å². The second kappa shape index (κ2) is 5.32. The molecule has 1 fully saturated rings. The van der Waals surface area contributed by atoms with Crippen molar-refractivity contribution in [3.8, 4) is 0 Å². The fourth-order valence-corrected chi connectivity index (χ4v) is 3.03. The average molecular weight is 300 g/mol. The normalized spacial score (nSPS) is 18.5. The second-order valence-corrected chi connectivity index (χ2v) is 5.29. The third-order valence-electron chi connectivity index (χ3n) is 2.91. The van der Waals surface area contributed by atoms with E-state index in [0.29, 0.717) is 13.1 Å². The number of nitrogens with two attached hydrogens (primary N) is 1. The van der Waals surface area contributed by atoms with Crippen LogP contribution in [-0.4, -0.2) is 30.3 Å². The Labute approximate surface area is 120 Å². The van der Waals surface area contributed by atoms with Gasteiger partial charge in [0.15, 0.2) is 0 Å². The first-order chi connectivity index (χ1) is 8.67. The summed E-state index contributed by atoms with van der Waals surface area (Å²) in [4.78, 5) is 18.7. The van der Waals surface area contributed by atoms with Crippen molar-refractivity contribution in [2.45, 2.75) is 13.0 Å². The summed E-state index contributed by atoms with van der Waals surface area (Å²) in [5.41, 5.74) is 6.49. The SMILES string of the molecule is Cc1ccc2cc(N3C[C@H](CN)OC3=O)sc2n1.Cl. The minimum absolute atomic E-state index is 0. The van der Waals surface area contributed by atoms with E-state index in [9.17, 15) is 4.79 Å². The Balaban J connectivity index is 0.00000133. The van der Waals surface area contributed by atoms with Crippen LogP contribution in [0.15, 0.2) is 18.2 Å². The number of fused-ring (bicyclic) bond motifs is 1. The van der Waals surface area contributed by atoms with Gasteiger partial charge < -0.3 is 10.5 Å². The van der Waals surface area contributed by atoms with Crippen LogP contribution in [-0.2, 0) is 4.74 Å². The van der Waals surface area contributed by atoms with Gasteiger partial charge in [0, 0.05) is 17.6 Å². The molecule has 3 rings (SSSR count). The van der Waals surface area contributed by atoms with Crippen LogP contribution in [0.3, 0.4) is 0 Å². The van der Waals surface area contributed by atoms with Crippen LogP contribution in [0, 0.1) is 6.92 Å². The van der Waals surface area contributed by atoms with Gasteiger partial charge in [-0.2, -0.15) is 0 Å². The Morgan fingerprint density at radius 1 is 1.58 bits per heavy atom. The molecular weight excluding hydrogens is 286 g/mol. The lowest BCUT2D eigenvalue weighted by atomic mass is 10.3. The molecule has 0 aliphatic carbocycles. The molecule has 0 unspecified atom stereocenters. The second-order valence-electron chi connectivity index (χ2n) is 4.28. The number of thiophene rings is 1. The summed E-state index contributed by atoms with van der Waals surface area (Å²) in [6, 6.07) is 5.94. The zero-order valence-corrected chi connectivity index (χ0v) is 12.0. The predicted molar refractivity (Wildman–Crippen MR) is 78.3 cm³/mol. The lowest BCUT2D eigenvalue weighted by molar-refractivity contribution is 0.145. The molecule has 0 spiro atoms. The molecule has 1 atom stereocenters. The van der Waals surface area contributed by atoms with Crippen molar-refractivity contribution < 1.29 is 9.53 Å². The standard InChI is InChI=1S/C12H13N3O2S.ClH/c1-7-2-3-8-4-10(18-11(8)14-7)15-6-9(5-13)17-12(15)16;/h2-4,9H,5-6,13H2,1H3;1H/t9-;/m0./s1. The van der Waals surface area contributed by atoms with E-state index < -0.39 is 0 Å². The molecule has 0 radical (unpaired) electrons. The van der Waals surface area contributed by atoms with Gasteiger partial charge in [-0.05, 0) is 19.1 Å². The third-order valence-corrected chi connectivity index (χ3v) is 3.98. The summed E-state index contributed by atoms with van der Waals surface area (Å²) >= 11 is 1.50. The van der Waals surface area contributed by atoms with E-state index in [1.807, 2.05) is 25.1 Å². The Hall–Kier alpha value is -1.37. The maximum atomic E-state index is 11.7. The Bertz CT molecular complexity index is 616. The van der Waals surface area contributed by atoms with Gasteiger partial charge in [-0.3, -0.25) is 4.90 Å². The van der Waals surface area contributed by atoms with E-state index >= 15 is 0 Å². The summed E-state index contributed by atoms with van der Waals surface area (Å²) in [5.74, 6) is 0. The van der Waals surface area contributed by atoms with Gasteiger partial charge in [0.1, 0.15) is 15.9 Å². The highest BCUT2D eigenvalue weighted by Crippen LogP contribution is 2.33. The van der Waals surface area contributed by atoms with Crippen molar-refractivity contribution in [3.05, 3.63) is 23.9 Å². The van der Waals surface area contributed by atoms with Crippen LogP contribution < -0.4 is 10.6 Å². The molecule has 102 valence electrons. The van der Waals surface area contributed by atoms with Crippen molar-refractivity contribution in [3.63, 3.8) is 0 Å². The first kappa shape index (κ1) is 14.0. The van der Waals surface area contributed by atoms with Crippen LogP contribution in [0.5, 0.6) is 0 Å². The van der Waals surface area contributed by atoms with Crippen molar-refractivity contribution >= 4 is 45.1 Å². The van der Waals surface area contributed by atoms with Crippen LogP contribution in [0.2, 0.25) is 0 Å². The highest BCUT2D eigenvalue weighted by Gasteiger charge is 2.32. The summed E-state index contributed by atoms with van der Waals surface area (Å²) in [7, 11) is 0. The average Bonchev–Trinajstić information content (AvgIpc) is 2.91. The number of ether oxygens (including phenoxy) is 1. The molecule has 5 nitrogen and oxygen atoms in total. The van der Waals surface area contributed by atoms with Gasteiger partial charge in [0.2, 0.25) is 0 Å². The van der Waals surface area contributed by atoms with Crippen molar-refractivity contribution in [1.82, 2.24) is 4.98 Å². The first-order valence-corrected chi connectivity index (χ1v) is 6.54. The molecule has 0 bridgehead atoms. The van der Waals surface area contributed by atoms with Gasteiger partial charge in [0.25, 0.3) is 0 Å². The predicted octanol–water partition coefficient (Wildman–Crippen LogP) is 2.31. The van der Waals surface area contributed by atoms with Crippen LogP contribution in [0.1, 0.15) is 5.69 Å². The summed E-state index contributed by atoms with van der Waals surface area (Å²) < 4.78 is 5.15. The van der Waals surface area contributed by atoms with E-state index in [2.05, 4.69) is 4.98 Å². The number of pyridine rings is 1. The van der Waals surface area contributed by atoms with E-state index in [-0.39, 0.29) is 24.6 Å². The van der Waals surface area contributed by atoms with Gasteiger partial charge >= 0.3 is 6.09 Å². The fraction of sp³-hybridized carbons (Fsp3) is 0.333. The summed E-state index contributed by atoms with van der Waals surface area (Å²) in [6.07, 6.45) is -0.536. The molecule has 2 aromatic rings. The summed E-state index contributed by atoms with van der Waals surface area (Å²) in [5, 5.41) is 1.91. The number of cyclic esters (lactones) is 1. The molecule has 2 aromatic heterocycles. The largest absolute Gasteiger partial charge is 0.443 e. The Morgan fingerprint density at radius 3 is 3.05 bits per heavy atom. The van der Waals surface area contributed by atoms with E-state index in [1.165, 1.54) is 11.3 Å². The smallest absolute Gasteiger partial charge is 0.415 e. The number of hydrogen-bond acceptors (Lipinski definition) is 5. The van der Waals surface area contributed by atoms with Crippen molar-refractivity contribution in [2.75, 3.05) is 18.0 Å². The highest BCUT2D eigenvalue weighted by atomic mass is 35.5. The zero-order valence-electron chi connectivity index (χ0n) is 10.3. The number of hydrogen-bond donors (Lipinski definition) is 1. The molecule has 1 aliphatic rings. The van der Waals surface area contributed by atoms with Crippen LogP contribution >= 0.6 is 23.7 Å². The molecule has 7 heteroatoms. The van der Waals surface area contributed by atoms with Gasteiger partial charge in [0.05, 0.1) is 6.54 Å². The van der Waals surface area contributed by atoms with Crippen molar-refractivity contribution in [1.29, 1.82) is 0 Å². The number of rotatable bonds is 2. The minimum Gasteiger partial charge on any atom is -0.443 e. The molecule has 1 saturated heterocycles. The molecule has 1 aliphatic heterocycles. The monoisotopic (exact) mass is 299 g/mol. The Morgan fingerprint density at radius 2 is 2.37 bits per heavy atom. The third kappa shape index (κ3) is 2.51. The molecule has 2 N–H and O–H groups in total. The molecule has 0 aromatic carbocycles. The highest BCUT2D eigenvalue weighted by molar-refractivity contribution is 7.22. The topological polar surface area (TPSA) is 68.4 Å². The maximum absolute atomic E-state index is 11.7. The maximum Gasteiger partial charge on any atom is 0.415 e. The number of nitrogens with zero attached hydrogens (tertiary/aromatic N) is 2. The lowest BCUT2D eigenvalue weighted by Crippen LogP contribution is -2.26. The van der Waals surface area contributed by atoms with E-state index in [4.69, 9.17) is 10.5 Å². The lowest BCUT2D eigenvalue weighted by Gasteiger charge is -2.08. The number of anilines is 1. The van der Waals surface area contributed by atoms with Gasteiger partial charge in [-0.1, -0.05) is 17.4 Å².